The van der Waals surface area contributed by atoms with Gasteiger partial charge in [0.2, 0.25) is 5.91 Å². The second kappa shape index (κ2) is 8.25. The number of nitrogens with one attached hydrogen (secondary N) is 2. The standard InChI is InChI=1S/C14H18Cl2N2O2S/c15-10-3-9(4-11(16)5-10)13(19)7-18-14(20)6-12-8-21-2-1-17-12/h3-5,12-13,17,19H,1-2,6-8H2,(H,18,20). The summed E-state index contributed by atoms with van der Waals surface area (Å²) < 4.78 is 0. The van der Waals surface area contributed by atoms with E-state index in [0.717, 1.165) is 18.1 Å². The predicted molar refractivity (Wildman–Crippen MR) is 88.2 cm³/mol. The lowest BCUT2D eigenvalue weighted by Gasteiger charge is -2.22. The Morgan fingerprint density at radius 1 is 1.43 bits per heavy atom. The van der Waals surface area contributed by atoms with Gasteiger partial charge < -0.3 is 15.7 Å². The average Bonchev–Trinajstić information content (AvgIpc) is 2.45. The molecule has 4 nitrogen and oxygen atoms in total. The highest BCUT2D eigenvalue weighted by Crippen LogP contribution is 2.23. The summed E-state index contributed by atoms with van der Waals surface area (Å²) in [5, 5.41) is 17.0. The molecule has 0 aromatic heterocycles. The molecule has 2 rings (SSSR count). The Morgan fingerprint density at radius 3 is 2.76 bits per heavy atom. The van der Waals surface area contributed by atoms with Gasteiger partial charge in [0.25, 0.3) is 0 Å². The molecule has 0 radical (unpaired) electrons. The first-order valence-electron chi connectivity index (χ1n) is 6.76. The third-order valence-electron chi connectivity index (χ3n) is 3.19. The van der Waals surface area contributed by atoms with Crippen LogP contribution in [0.3, 0.4) is 0 Å². The van der Waals surface area contributed by atoms with E-state index >= 15 is 0 Å². The molecule has 0 spiro atoms. The van der Waals surface area contributed by atoms with E-state index in [0.29, 0.717) is 22.0 Å². The van der Waals surface area contributed by atoms with Gasteiger partial charge in [0.1, 0.15) is 0 Å². The van der Waals surface area contributed by atoms with Gasteiger partial charge in [0.05, 0.1) is 6.10 Å². The van der Waals surface area contributed by atoms with Crippen molar-refractivity contribution in [3.8, 4) is 0 Å². The van der Waals surface area contributed by atoms with Crippen molar-refractivity contribution in [1.29, 1.82) is 0 Å². The maximum Gasteiger partial charge on any atom is 0.221 e. The van der Waals surface area contributed by atoms with Crippen molar-refractivity contribution in [2.75, 3.05) is 24.6 Å². The highest BCUT2D eigenvalue weighted by molar-refractivity contribution is 7.99. The van der Waals surface area contributed by atoms with Crippen LogP contribution in [0.2, 0.25) is 10.0 Å². The number of hydrogen-bond acceptors (Lipinski definition) is 4. The number of hydrogen-bond donors (Lipinski definition) is 3. The van der Waals surface area contributed by atoms with Crippen LogP contribution < -0.4 is 10.6 Å². The maximum atomic E-state index is 11.9. The third-order valence-corrected chi connectivity index (χ3v) is 4.76. The number of thioether (sulfide) groups is 1. The zero-order valence-corrected chi connectivity index (χ0v) is 13.8. The molecule has 1 fully saturated rings. The Balaban J connectivity index is 1.79. The fourth-order valence-electron chi connectivity index (χ4n) is 2.14. The van der Waals surface area contributed by atoms with Gasteiger partial charge in [0.15, 0.2) is 0 Å². The number of aliphatic hydroxyl groups excluding tert-OH is 1. The lowest BCUT2D eigenvalue weighted by atomic mass is 10.1. The first-order valence-corrected chi connectivity index (χ1v) is 8.67. The smallest absolute Gasteiger partial charge is 0.221 e. The van der Waals surface area contributed by atoms with Crippen molar-refractivity contribution in [3.63, 3.8) is 0 Å². The molecule has 0 saturated carbocycles. The van der Waals surface area contributed by atoms with Gasteiger partial charge in [0, 0.05) is 47.1 Å². The van der Waals surface area contributed by atoms with Gasteiger partial charge in [-0.1, -0.05) is 23.2 Å². The second-order valence-electron chi connectivity index (χ2n) is 4.95. The fraction of sp³-hybridized carbons (Fsp3) is 0.500. The molecule has 0 aliphatic carbocycles. The van der Waals surface area contributed by atoms with Gasteiger partial charge in [-0.2, -0.15) is 11.8 Å². The van der Waals surface area contributed by atoms with E-state index < -0.39 is 6.10 Å². The molecule has 0 bridgehead atoms. The van der Waals surface area contributed by atoms with E-state index in [9.17, 15) is 9.90 Å². The highest BCUT2D eigenvalue weighted by Gasteiger charge is 2.17. The van der Waals surface area contributed by atoms with E-state index in [2.05, 4.69) is 10.6 Å². The number of aliphatic hydroxyl groups is 1. The third kappa shape index (κ3) is 5.68. The molecule has 116 valence electrons. The van der Waals surface area contributed by atoms with E-state index in [-0.39, 0.29) is 18.5 Å². The Labute approximate surface area is 138 Å². The Hall–Kier alpha value is -0.460. The Bertz CT molecular complexity index is 476. The van der Waals surface area contributed by atoms with Gasteiger partial charge in [-0.15, -0.1) is 0 Å². The van der Waals surface area contributed by atoms with Crippen LogP contribution >= 0.6 is 35.0 Å². The molecule has 1 aliphatic heterocycles. The SMILES string of the molecule is O=C(CC1CSCCN1)NCC(O)c1cc(Cl)cc(Cl)c1. The molecule has 21 heavy (non-hydrogen) atoms. The maximum absolute atomic E-state index is 11.9. The van der Waals surface area contributed by atoms with Crippen molar-refractivity contribution < 1.29 is 9.90 Å². The minimum absolute atomic E-state index is 0.0674. The largest absolute Gasteiger partial charge is 0.387 e. The molecular formula is C14H18Cl2N2O2S. The summed E-state index contributed by atoms with van der Waals surface area (Å²) in [5.41, 5.74) is 0.596. The van der Waals surface area contributed by atoms with Gasteiger partial charge >= 0.3 is 0 Å². The van der Waals surface area contributed by atoms with Crippen LogP contribution in [-0.4, -0.2) is 41.7 Å². The minimum atomic E-state index is -0.821. The lowest BCUT2D eigenvalue weighted by Crippen LogP contribution is -2.41. The summed E-state index contributed by atoms with van der Waals surface area (Å²) >= 11 is 13.6. The summed E-state index contributed by atoms with van der Waals surface area (Å²) in [6.07, 6.45) is -0.394. The van der Waals surface area contributed by atoms with Gasteiger partial charge in [-0.25, -0.2) is 0 Å². The van der Waals surface area contributed by atoms with Crippen LogP contribution in [-0.2, 0) is 4.79 Å². The zero-order chi connectivity index (χ0) is 15.2. The van der Waals surface area contributed by atoms with Crippen LogP contribution in [0, 0.1) is 0 Å². The summed E-state index contributed by atoms with van der Waals surface area (Å²) in [7, 11) is 0. The highest BCUT2D eigenvalue weighted by atomic mass is 35.5. The summed E-state index contributed by atoms with van der Waals surface area (Å²) in [6.45, 7) is 1.08. The van der Waals surface area contributed by atoms with Crippen molar-refractivity contribution in [1.82, 2.24) is 10.6 Å². The number of carbonyl (C=O) groups is 1. The molecule has 1 aromatic rings. The van der Waals surface area contributed by atoms with Crippen molar-refractivity contribution >= 4 is 40.9 Å². The monoisotopic (exact) mass is 348 g/mol. The minimum Gasteiger partial charge on any atom is -0.387 e. The normalized spacial score (nSPS) is 20.0. The molecule has 1 aromatic carbocycles. The zero-order valence-electron chi connectivity index (χ0n) is 11.4. The molecule has 1 heterocycles. The second-order valence-corrected chi connectivity index (χ2v) is 6.98. The topological polar surface area (TPSA) is 61.4 Å². The molecule has 2 atom stereocenters. The summed E-state index contributed by atoms with van der Waals surface area (Å²) in [5.74, 6) is 1.97. The molecule has 1 amide bonds. The number of rotatable bonds is 5. The average molecular weight is 349 g/mol. The molecule has 1 aliphatic rings. The predicted octanol–water partition coefficient (Wildman–Crippen LogP) is 2.24. The fourth-order valence-corrected chi connectivity index (χ4v) is 3.63. The van der Waals surface area contributed by atoms with Crippen LogP contribution in [0.25, 0.3) is 0 Å². The van der Waals surface area contributed by atoms with Crippen LogP contribution in [0.1, 0.15) is 18.1 Å². The van der Waals surface area contributed by atoms with Crippen LogP contribution in [0.5, 0.6) is 0 Å². The van der Waals surface area contributed by atoms with E-state index in [1.807, 2.05) is 11.8 Å². The van der Waals surface area contributed by atoms with Gasteiger partial charge in [-0.05, 0) is 23.8 Å². The number of benzene rings is 1. The summed E-state index contributed by atoms with van der Waals surface area (Å²) in [6, 6.07) is 5.10. The summed E-state index contributed by atoms with van der Waals surface area (Å²) in [4.78, 5) is 11.9. The van der Waals surface area contributed by atoms with E-state index in [1.165, 1.54) is 0 Å². The van der Waals surface area contributed by atoms with Gasteiger partial charge in [-0.3, -0.25) is 4.79 Å². The van der Waals surface area contributed by atoms with Crippen molar-refractivity contribution in [2.45, 2.75) is 18.6 Å². The van der Waals surface area contributed by atoms with Crippen molar-refractivity contribution in [2.24, 2.45) is 0 Å². The molecule has 2 unspecified atom stereocenters. The molecule has 3 N–H and O–H groups in total. The number of halogens is 2. The number of carbonyl (C=O) groups excluding carboxylic acids is 1. The van der Waals surface area contributed by atoms with E-state index in [4.69, 9.17) is 23.2 Å². The van der Waals surface area contributed by atoms with Crippen molar-refractivity contribution in [3.05, 3.63) is 33.8 Å². The first-order chi connectivity index (χ1) is 10.0. The molecule has 7 heteroatoms. The Kier molecular flexibility index (Phi) is 6.64. The molecule has 1 saturated heterocycles. The Morgan fingerprint density at radius 2 is 2.14 bits per heavy atom. The quantitative estimate of drug-likeness (QED) is 0.763. The van der Waals surface area contributed by atoms with E-state index in [1.54, 1.807) is 18.2 Å². The lowest BCUT2D eigenvalue weighted by molar-refractivity contribution is -0.121. The molecular weight excluding hydrogens is 331 g/mol. The number of amides is 1. The first kappa shape index (κ1) is 16.9. The van der Waals surface area contributed by atoms with Crippen LogP contribution in [0.15, 0.2) is 18.2 Å². The van der Waals surface area contributed by atoms with Crippen LogP contribution in [0.4, 0.5) is 0 Å².